The molecule has 1 atom stereocenters. The number of carbonyl (C=O) groups excluding carboxylic acids is 1. The molecule has 132 valence electrons. The van der Waals surface area contributed by atoms with Crippen LogP contribution in [0.2, 0.25) is 0 Å². The molecule has 1 amide bonds. The molecule has 0 aliphatic carbocycles. The van der Waals surface area contributed by atoms with Crippen molar-refractivity contribution in [3.8, 4) is 5.75 Å². The lowest BCUT2D eigenvalue weighted by Gasteiger charge is -2.16. The number of ether oxygens (including phenoxy) is 1. The van der Waals surface area contributed by atoms with Crippen LogP contribution >= 0.6 is 11.8 Å². The van der Waals surface area contributed by atoms with Crippen LogP contribution in [0.3, 0.4) is 0 Å². The third kappa shape index (κ3) is 4.86. The average molecular weight is 367 g/mol. The molecular weight excluding hydrogens is 349 g/mol. The molecule has 0 fully saturated rings. The zero-order valence-electron chi connectivity index (χ0n) is 14.2. The first-order valence-electron chi connectivity index (χ1n) is 8.17. The van der Waals surface area contributed by atoms with Crippen LogP contribution in [0.1, 0.15) is 6.92 Å². The summed E-state index contributed by atoms with van der Waals surface area (Å²) in [5.41, 5.74) is 0.723. The number of rotatable bonds is 6. The van der Waals surface area contributed by atoms with Crippen LogP contribution in [0.4, 0.5) is 10.1 Å². The number of para-hydroxylation sites is 1. The van der Waals surface area contributed by atoms with Crippen molar-refractivity contribution in [1.29, 1.82) is 0 Å². The van der Waals surface area contributed by atoms with Crippen LogP contribution in [0.25, 0.3) is 0 Å². The maximum atomic E-state index is 13.0. The normalized spacial score (nSPS) is 11.6. The molecule has 3 aromatic carbocycles. The van der Waals surface area contributed by atoms with Gasteiger partial charge in [0.1, 0.15) is 11.6 Å². The van der Waals surface area contributed by atoms with Crippen molar-refractivity contribution in [3.05, 3.63) is 84.7 Å². The van der Waals surface area contributed by atoms with E-state index in [0.29, 0.717) is 5.75 Å². The largest absolute Gasteiger partial charge is 0.481 e. The van der Waals surface area contributed by atoms with Gasteiger partial charge in [0.25, 0.3) is 5.91 Å². The Balaban J connectivity index is 1.68. The minimum atomic E-state index is -0.713. The molecule has 1 N–H and O–H groups in total. The molecule has 0 spiro atoms. The summed E-state index contributed by atoms with van der Waals surface area (Å²) in [5.74, 6) is -0.169. The van der Waals surface area contributed by atoms with Gasteiger partial charge in [-0.05, 0) is 55.5 Å². The molecule has 0 saturated carbocycles. The van der Waals surface area contributed by atoms with E-state index in [-0.39, 0.29) is 11.7 Å². The Labute approximate surface area is 156 Å². The van der Waals surface area contributed by atoms with Crippen molar-refractivity contribution in [1.82, 2.24) is 0 Å². The van der Waals surface area contributed by atoms with Gasteiger partial charge in [0.15, 0.2) is 6.10 Å². The zero-order valence-corrected chi connectivity index (χ0v) is 15.0. The molecule has 0 aliphatic heterocycles. The molecule has 0 aromatic heterocycles. The second kappa shape index (κ2) is 8.54. The molecular formula is C21H18FNO2S. The van der Waals surface area contributed by atoms with Crippen LogP contribution in [-0.4, -0.2) is 12.0 Å². The third-order valence-electron chi connectivity index (χ3n) is 3.61. The van der Waals surface area contributed by atoms with E-state index in [2.05, 4.69) is 5.32 Å². The predicted molar refractivity (Wildman–Crippen MR) is 102 cm³/mol. The first kappa shape index (κ1) is 18.0. The maximum absolute atomic E-state index is 13.0. The van der Waals surface area contributed by atoms with Gasteiger partial charge in [-0.2, -0.15) is 0 Å². The Bertz CT molecular complexity index is 869. The Hall–Kier alpha value is -2.79. The van der Waals surface area contributed by atoms with E-state index >= 15 is 0 Å². The highest BCUT2D eigenvalue weighted by Gasteiger charge is 2.16. The first-order chi connectivity index (χ1) is 12.6. The Morgan fingerprint density at radius 3 is 2.35 bits per heavy atom. The van der Waals surface area contributed by atoms with Gasteiger partial charge in [0, 0.05) is 9.79 Å². The number of halogens is 1. The van der Waals surface area contributed by atoms with Gasteiger partial charge in [-0.1, -0.05) is 42.1 Å². The SMILES string of the molecule is CC(Oc1ccc(F)cc1)C(=O)Nc1ccccc1Sc1ccccc1. The molecule has 0 heterocycles. The second-order valence-electron chi connectivity index (χ2n) is 5.61. The third-order valence-corrected chi connectivity index (χ3v) is 4.70. The van der Waals surface area contributed by atoms with Gasteiger partial charge < -0.3 is 10.1 Å². The summed E-state index contributed by atoms with van der Waals surface area (Å²) in [7, 11) is 0. The van der Waals surface area contributed by atoms with Crippen LogP contribution in [-0.2, 0) is 4.79 Å². The van der Waals surface area contributed by atoms with Gasteiger partial charge in [-0.25, -0.2) is 4.39 Å². The van der Waals surface area contributed by atoms with Gasteiger partial charge in [-0.3, -0.25) is 4.79 Å². The quantitative estimate of drug-likeness (QED) is 0.635. The summed E-state index contributed by atoms with van der Waals surface area (Å²) in [6.07, 6.45) is -0.713. The van der Waals surface area contributed by atoms with Crippen molar-refractivity contribution < 1.29 is 13.9 Å². The molecule has 26 heavy (non-hydrogen) atoms. The fourth-order valence-corrected chi connectivity index (χ4v) is 3.20. The smallest absolute Gasteiger partial charge is 0.265 e. The van der Waals surface area contributed by atoms with Crippen LogP contribution in [0, 0.1) is 5.82 Å². The second-order valence-corrected chi connectivity index (χ2v) is 6.73. The van der Waals surface area contributed by atoms with E-state index in [1.165, 1.54) is 24.3 Å². The molecule has 0 radical (unpaired) electrons. The standard InChI is InChI=1S/C21H18FNO2S/c1-15(25-17-13-11-16(22)12-14-17)21(24)23-19-9-5-6-10-20(19)26-18-7-3-2-4-8-18/h2-15H,1H3,(H,23,24). The Morgan fingerprint density at radius 2 is 1.62 bits per heavy atom. The van der Waals surface area contributed by atoms with Gasteiger partial charge in [-0.15, -0.1) is 0 Å². The molecule has 5 heteroatoms. The number of benzene rings is 3. The molecule has 3 aromatic rings. The average Bonchev–Trinajstić information content (AvgIpc) is 2.66. The molecule has 3 nitrogen and oxygen atoms in total. The summed E-state index contributed by atoms with van der Waals surface area (Å²) < 4.78 is 18.5. The molecule has 3 rings (SSSR count). The number of anilines is 1. The molecule has 0 saturated heterocycles. The minimum absolute atomic E-state index is 0.268. The predicted octanol–water partition coefficient (Wildman–Crippen LogP) is 5.38. The monoisotopic (exact) mass is 367 g/mol. The van der Waals surface area contributed by atoms with Crippen molar-refractivity contribution in [3.63, 3.8) is 0 Å². The highest BCUT2D eigenvalue weighted by Crippen LogP contribution is 2.33. The number of hydrogen-bond donors (Lipinski definition) is 1. The van der Waals surface area contributed by atoms with Crippen molar-refractivity contribution in [2.45, 2.75) is 22.8 Å². The van der Waals surface area contributed by atoms with E-state index in [4.69, 9.17) is 4.74 Å². The van der Waals surface area contributed by atoms with E-state index in [9.17, 15) is 9.18 Å². The van der Waals surface area contributed by atoms with Crippen LogP contribution in [0.5, 0.6) is 5.75 Å². The molecule has 1 unspecified atom stereocenters. The summed E-state index contributed by atoms with van der Waals surface area (Å²) in [5, 5.41) is 2.90. The lowest BCUT2D eigenvalue weighted by Crippen LogP contribution is -2.30. The van der Waals surface area contributed by atoms with Crippen LogP contribution in [0.15, 0.2) is 88.7 Å². The van der Waals surface area contributed by atoms with E-state index in [0.717, 1.165) is 15.5 Å². The summed E-state index contributed by atoms with van der Waals surface area (Å²) >= 11 is 1.58. The maximum Gasteiger partial charge on any atom is 0.265 e. The minimum Gasteiger partial charge on any atom is -0.481 e. The molecule has 0 aliphatic rings. The Morgan fingerprint density at radius 1 is 0.962 bits per heavy atom. The van der Waals surface area contributed by atoms with Crippen LogP contribution < -0.4 is 10.1 Å². The van der Waals surface area contributed by atoms with Crippen molar-refractivity contribution >= 4 is 23.4 Å². The van der Waals surface area contributed by atoms with E-state index < -0.39 is 6.10 Å². The van der Waals surface area contributed by atoms with Crippen molar-refractivity contribution in [2.75, 3.05) is 5.32 Å². The summed E-state index contributed by atoms with van der Waals surface area (Å²) in [6, 6.07) is 23.2. The van der Waals surface area contributed by atoms with Gasteiger partial charge in [0.2, 0.25) is 0 Å². The van der Waals surface area contributed by atoms with Gasteiger partial charge in [0.05, 0.1) is 5.69 Å². The van der Waals surface area contributed by atoms with Crippen molar-refractivity contribution in [2.24, 2.45) is 0 Å². The lowest BCUT2D eigenvalue weighted by molar-refractivity contribution is -0.122. The van der Waals surface area contributed by atoms with E-state index in [1.54, 1.807) is 18.7 Å². The summed E-state index contributed by atoms with van der Waals surface area (Å²) in [4.78, 5) is 14.5. The molecule has 0 bridgehead atoms. The first-order valence-corrected chi connectivity index (χ1v) is 8.98. The Kier molecular flexibility index (Phi) is 5.92. The number of amides is 1. The number of carbonyl (C=O) groups is 1. The highest BCUT2D eigenvalue weighted by molar-refractivity contribution is 7.99. The summed E-state index contributed by atoms with van der Waals surface area (Å²) in [6.45, 7) is 1.66. The fraction of sp³-hybridized carbons (Fsp3) is 0.0952. The van der Waals surface area contributed by atoms with Gasteiger partial charge >= 0.3 is 0 Å². The highest BCUT2D eigenvalue weighted by atomic mass is 32.2. The number of nitrogens with one attached hydrogen (secondary N) is 1. The zero-order chi connectivity index (χ0) is 18.4. The topological polar surface area (TPSA) is 38.3 Å². The lowest BCUT2D eigenvalue weighted by atomic mass is 10.3. The number of hydrogen-bond acceptors (Lipinski definition) is 3. The van der Waals surface area contributed by atoms with E-state index in [1.807, 2.05) is 54.6 Å². The fourth-order valence-electron chi connectivity index (χ4n) is 2.28.